The summed E-state index contributed by atoms with van der Waals surface area (Å²) in [6.45, 7) is 7.07. The fourth-order valence-electron chi connectivity index (χ4n) is 0.686. The molecule has 0 fully saturated rings. The van der Waals surface area contributed by atoms with Crippen molar-refractivity contribution in [3.8, 4) is 0 Å². The Balaban J connectivity index is 3.89. The van der Waals surface area contributed by atoms with Crippen molar-refractivity contribution in [3.63, 3.8) is 0 Å². The number of nitrogens with zero attached hydrogens (tertiary/aromatic N) is 2. The van der Waals surface area contributed by atoms with Gasteiger partial charge < -0.3 is 4.90 Å². The van der Waals surface area contributed by atoms with Gasteiger partial charge in [0.25, 0.3) is 0 Å². The van der Waals surface area contributed by atoms with Gasteiger partial charge in [-0.3, -0.25) is 0 Å². The highest BCUT2D eigenvalue weighted by atomic mass is 16.2. The molecule has 58 valence electrons. The number of rotatable bonds is 2. The van der Waals surface area contributed by atoms with Gasteiger partial charge in [0.2, 0.25) is 0 Å². The lowest BCUT2D eigenvalue weighted by atomic mass is 10.5. The van der Waals surface area contributed by atoms with Crippen LogP contribution < -0.4 is 0 Å². The van der Waals surface area contributed by atoms with E-state index in [2.05, 4.69) is 4.99 Å². The van der Waals surface area contributed by atoms with Crippen LogP contribution in [0.25, 0.3) is 0 Å². The lowest BCUT2D eigenvalue weighted by molar-refractivity contribution is 0.213. The third-order valence-corrected chi connectivity index (χ3v) is 1.27. The van der Waals surface area contributed by atoms with Gasteiger partial charge in [-0.25, -0.2) is 9.79 Å². The zero-order valence-corrected chi connectivity index (χ0v) is 6.79. The molecule has 0 aromatic heterocycles. The van der Waals surface area contributed by atoms with Gasteiger partial charge in [0.1, 0.15) is 0 Å². The summed E-state index contributed by atoms with van der Waals surface area (Å²) >= 11 is 0. The van der Waals surface area contributed by atoms with E-state index < -0.39 is 0 Å². The minimum atomic E-state index is -0.146. The molecule has 10 heavy (non-hydrogen) atoms. The molecule has 0 N–H and O–H groups in total. The van der Waals surface area contributed by atoms with E-state index in [1.807, 2.05) is 13.8 Å². The predicted molar refractivity (Wildman–Crippen MR) is 42.5 cm³/mol. The van der Waals surface area contributed by atoms with E-state index in [-0.39, 0.29) is 6.03 Å². The molecule has 0 rings (SSSR count). The van der Waals surface area contributed by atoms with E-state index >= 15 is 0 Å². The second-order valence-corrected chi connectivity index (χ2v) is 1.84. The first-order chi connectivity index (χ1) is 4.76. The van der Waals surface area contributed by atoms with E-state index in [9.17, 15) is 4.79 Å². The van der Waals surface area contributed by atoms with Gasteiger partial charge in [-0.15, -0.1) is 0 Å². The first-order valence-electron chi connectivity index (χ1n) is 3.53. The number of aliphatic imine (C=N–C) groups is 1. The first kappa shape index (κ1) is 9.14. The monoisotopic (exact) mass is 142 g/mol. The average Bonchev–Trinajstić information content (AvgIpc) is 1.91. The Morgan fingerprint density at radius 1 is 1.50 bits per heavy atom. The summed E-state index contributed by atoms with van der Waals surface area (Å²) < 4.78 is 0. The molecule has 3 heteroatoms. The van der Waals surface area contributed by atoms with Crippen LogP contribution in [0.2, 0.25) is 0 Å². The molecule has 0 aromatic carbocycles. The summed E-state index contributed by atoms with van der Waals surface area (Å²) in [5.41, 5.74) is 0. The Labute approximate surface area is 61.7 Å². The molecule has 0 saturated heterocycles. The number of hydrogen-bond donors (Lipinski definition) is 0. The molecular weight excluding hydrogens is 128 g/mol. The topological polar surface area (TPSA) is 32.7 Å². The molecular formula is C7H14N2O. The number of hydrogen-bond acceptors (Lipinski definition) is 1. The van der Waals surface area contributed by atoms with Crippen molar-refractivity contribution < 1.29 is 4.79 Å². The van der Waals surface area contributed by atoms with Crippen LogP contribution in [0.4, 0.5) is 4.79 Å². The molecule has 0 aliphatic heterocycles. The highest BCUT2D eigenvalue weighted by molar-refractivity contribution is 5.82. The van der Waals surface area contributed by atoms with Crippen molar-refractivity contribution in [2.45, 2.75) is 20.8 Å². The van der Waals surface area contributed by atoms with Crippen molar-refractivity contribution in [3.05, 3.63) is 0 Å². The zero-order chi connectivity index (χ0) is 7.98. The predicted octanol–water partition coefficient (Wildman–Crippen LogP) is 1.54. The molecule has 0 atom stereocenters. The maximum absolute atomic E-state index is 10.9. The summed E-state index contributed by atoms with van der Waals surface area (Å²) in [7, 11) is 0. The van der Waals surface area contributed by atoms with E-state index in [4.69, 9.17) is 0 Å². The van der Waals surface area contributed by atoms with Gasteiger partial charge in [-0.2, -0.15) is 0 Å². The first-order valence-corrected chi connectivity index (χ1v) is 3.53. The Morgan fingerprint density at radius 3 is 2.30 bits per heavy atom. The third-order valence-electron chi connectivity index (χ3n) is 1.27. The largest absolute Gasteiger partial charge is 0.343 e. The molecule has 0 unspecified atom stereocenters. The standard InChI is InChI=1S/C7H14N2O/c1-4-8-7(10)9(5-2)6-3/h4H,5-6H2,1-3H3. The zero-order valence-electron chi connectivity index (χ0n) is 6.79. The van der Waals surface area contributed by atoms with E-state index in [1.165, 1.54) is 6.21 Å². The van der Waals surface area contributed by atoms with Gasteiger partial charge in [-0.1, -0.05) is 0 Å². The van der Waals surface area contributed by atoms with Crippen molar-refractivity contribution in [2.24, 2.45) is 4.99 Å². The molecule has 2 amide bonds. The van der Waals surface area contributed by atoms with Crippen LogP contribution in [0.3, 0.4) is 0 Å². The van der Waals surface area contributed by atoms with Crippen LogP contribution in [0.1, 0.15) is 20.8 Å². The molecule has 0 aromatic rings. The average molecular weight is 142 g/mol. The van der Waals surface area contributed by atoms with Gasteiger partial charge in [0.15, 0.2) is 0 Å². The van der Waals surface area contributed by atoms with Gasteiger partial charge in [-0.05, 0) is 20.8 Å². The normalized spacial score (nSPS) is 10.3. The number of urea groups is 1. The minimum Gasteiger partial charge on any atom is -0.323 e. The third kappa shape index (κ3) is 2.62. The van der Waals surface area contributed by atoms with E-state index in [0.717, 1.165) is 13.1 Å². The van der Waals surface area contributed by atoms with Crippen LogP contribution in [0, 0.1) is 0 Å². The Kier molecular flexibility index (Phi) is 4.54. The second kappa shape index (κ2) is 4.97. The summed E-state index contributed by atoms with van der Waals surface area (Å²) in [6, 6.07) is -0.146. The Bertz CT molecular complexity index is 128. The van der Waals surface area contributed by atoms with Gasteiger partial charge >= 0.3 is 6.03 Å². The van der Waals surface area contributed by atoms with Crippen LogP contribution in [0.15, 0.2) is 4.99 Å². The Hall–Kier alpha value is -0.860. The Morgan fingerprint density at radius 2 is 2.00 bits per heavy atom. The maximum Gasteiger partial charge on any atom is 0.343 e. The summed E-state index contributed by atoms with van der Waals surface area (Å²) in [5.74, 6) is 0. The van der Waals surface area contributed by atoms with Crippen LogP contribution >= 0.6 is 0 Å². The van der Waals surface area contributed by atoms with Crippen molar-refractivity contribution in [2.75, 3.05) is 13.1 Å². The quantitative estimate of drug-likeness (QED) is 0.538. The SMILES string of the molecule is CC=NC(=O)N(CC)CC. The second-order valence-electron chi connectivity index (χ2n) is 1.84. The molecule has 0 spiro atoms. The molecule has 0 radical (unpaired) electrons. The summed E-state index contributed by atoms with van der Waals surface area (Å²) in [4.78, 5) is 16.2. The summed E-state index contributed by atoms with van der Waals surface area (Å²) in [6.07, 6.45) is 1.51. The van der Waals surface area contributed by atoms with Crippen LogP contribution in [0.5, 0.6) is 0 Å². The van der Waals surface area contributed by atoms with Crippen LogP contribution in [-0.2, 0) is 0 Å². The molecule has 0 saturated carbocycles. The molecule has 0 aliphatic carbocycles. The minimum absolute atomic E-state index is 0.146. The molecule has 3 nitrogen and oxygen atoms in total. The van der Waals surface area contributed by atoms with Crippen molar-refractivity contribution in [1.29, 1.82) is 0 Å². The highest BCUT2D eigenvalue weighted by Crippen LogP contribution is 1.90. The smallest absolute Gasteiger partial charge is 0.323 e. The fourth-order valence-corrected chi connectivity index (χ4v) is 0.686. The molecule has 0 bridgehead atoms. The van der Waals surface area contributed by atoms with E-state index in [1.54, 1.807) is 11.8 Å². The van der Waals surface area contributed by atoms with Gasteiger partial charge in [0, 0.05) is 19.3 Å². The van der Waals surface area contributed by atoms with E-state index in [0.29, 0.717) is 0 Å². The van der Waals surface area contributed by atoms with Gasteiger partial charge in [0.05, 0.1) is 0 Å². The summed E-state index contributed by atoms with van der Waals surface area (Å²) in [5, 5.41) is 0. The number of carbonyl (C=O) groups excluding carboxylic acids is 1. The number of amides is 2. The highest BCUT2D eigenvalue weighted by Gasteiger charge is 2.04. The van der Waals surface area contributed by atoms with Crippen molar-refractivity contribution in [1.82, 2.24) is 4.90 Å². The fraction of sp³-hybridized carbons (Fsp3) is 0.714. The lowest BCUT2D eigenvalue weighted by Gasteiger charge is -2.14. The molecule has 0 aliphatic rings. The lowest BCUT2D eigenvalue weighted by Crippen LogP contribution is -2.27. The number of carbonyl (C=O) groups is 1. The van der Waals surface area contributed by atoms with Crippen molar-refractivity contribution >= 4 is 12.2 Å². The molecule has 0 heterocycles. The maximum atomic E-state index is 10.9. The van der Waals surface area contributed by atoms with Crippen LogP contribution in [-0.4, -0.2) is 30.2 Å².